The van der Waals surface area contributed by atoms with E-state index in [1.807, 2.05) is 29.4 Å². The van der Waals surface area contributed by atoms with Gasteiger partial charge in [-0.2, -0.15) is 0 Å². The highest BCUT2D eigenvalue weighted by Crippen LogP contribution is 2.27. The third-order valence-corrected chi connectivity index (χ3v) is 5.00. The van der Waals surface area contributed by atoms with Gasteiger partial charge >= 0.3 is 0 Å². The number of halogens is 2. The number of hydrogen-bond donors (Lipinski definition) is 1. The summed E-state index contributed by atoms with van der Waals surface area (Å²) in [5.74, 6) is 0.167. The second-order valence-electron chi connectivity index (χ2n) is 6.74. The number of hydrogen-bond acceptors (Lipinski definition) is 2. The molecule has 0 spiro atoms. The van der Waals surface area contributed by atoms with Crippen molar-refractivity contribution in [2.75, 3.05) is 13.1 Å². The molecule has 4 nitrogen and oxygen atoms in total. The summed E-state index contributed by atoms with van der Waals surface area (Å²) >= 11 is 0. The van der Waals surface area contributed by atoms with Crippen LogP contribution < -0.4 is 5.73 Å². The molecule has 1 saturated heterocycles. The molecular weight excluding hydrogens is 341 g/mol. The van der Waals surface area contributed by atoms with Gasteiger partial charge in [0.05, 0.1) is 5.56 Å². The number of nitrogens with two attached hydrogens (primary N) is 1. The van der Waals surface area contributed by atoms with Crippen molar-refractivity contribution in [2.24, 2.45) is 11.7 Å². The molecule has 0 radical (unpaired) electrons. The fourth-order valence-electron chi connectivity index (χ4n) is 3.72. The molecular formula is C19H25ClFN3O. The number of aromatic nitrogens is 1. The van der Waals surface area contributed by atoms with Crippen molar-refractivity contribution in [1.29, 1.82) is 0 Å². The molecule has 1 aromatic heterocycles. The van der Waals surface area contributed by atoms with Crippen LogP contribution >= 0.6 is 12.4 Å². The summed E-state index contributed by atoms with van der Waals surface area (Å²) in [7, 11) is 0. The Kier molecular flexibility index (Phi) is 5.91. The molecule has 1 aliphatic heterocycles. The van der Waals surface area contributed by atoms with Gasteiger partial charge in [-0.25, -0.2) is 4.39 Å². The fourth-order valence-corrected chi connectivity index (χ4v) is 3.72. The van der Waals surface area contributed by atoms with Crippen LogP contribution in [-0.4, -0.2) is 34.5 Å². The van der Waals surface area contributed by atoms with Crippen molar-refractivity contribution < 1.29 is 9.18 Å². The fraction of sp³-hybridized carbons (Fsp3) is 0.421. The lowest BCUT2D eigenvalue weighted by atomic mass is 10.1. The van der Waals surface area contributed by atoms with Crippen LogP contribution in [-0.2, 0) is 0 Å². The minimum Gasteiger partial charge on any atom is -0.336 e. The van der Waals surface area contributed by atoms with Gasteiger partial charge in [-0.1, -0.05) is 0 Å². The zero-order chi connectivity index (χ0) is 17.4. The van der Waals surface area contributed by atoms with Gasteiger partial charge in [-0.15, -0.1) is 12.4 Å². The van der Waals surface area contributed by atoms with E-state index in [4.69, 9.17) is 5.73 Å². The Hall–Kier alpha value is -1.85. The summed E-state index contributed by atoms with van der Waals surface area (Å²) in [5, 5.41) is 0. The highest BCUT2D eigenvalue weighted by molar-refractivity contribution is 5.96. The van der Waals surface area contributed by atoms with Crippen molar-refractivity contribution in [1.82, 2.24) is 9.47 Å². The normalized spacial score (nSPS) is 19.8. The van der Waals surface area contributed by atoms with Crippen molar-refractivity contribution in [3.63, 3.8) is 0 Å². The number of rotatable bonds is 3. The van der Waals surface area contributed by atoms with Crippen molar-refractivity contribution in [2.45, 2.75) is 33.2 Å². The highest BCUT2D eigenvalue weighted by Gasteiger charge is 2.33. The molecule has 0 aliphatic carbocycles. The van der Waals surface area contributed by atoms with Gasteiger partial charge in [0.1, 0.15) is 5.82 Å². The monoisotopic (exact) mass is 365 g/mol. The third-order valence-electron chi connectivity index (χ3n) is 5.00. The third kappa shape index (κ3) is 3.58. The molecule has 1 aliphatic rings. The van der Waals surface area contributed by atoms with Crippen LogP contribution in [0, 0.1) is 25.6 Å². The van der Waals surface area contributed by atoms with E-state index in [-0.39, 0.29) is 30.2 Å². The zero-order valence-corrected chi connectivity index (χ0v) is 15.6. The molecule has 0 saturated carbocycles. The number of benzene rings is 1. The standard InChI is InChI=1S/C19H24FN3O.ClH/c1-12-8-15(10-21)11-22(12)19(24)18-9-13(2)23(14(18)3)17-6-4-16(20)5-7-17;/h4-7,9,12,15H,8,10-11,21H2,1-3H3;1H. The molecule has 2 heterocycles. The Morgan fingerprint density at radius 2 is 1.92 bits per heavy atom. The van der Waals surface area contributed by atoms with Crippen LogP contribution in [0.2, 0.25) is 0 Å². The van der Waals surface area contributed by atoms with Gasteiger partial charge in [0.15, 0.2) is 0 Å². The average Bonchev–Trinajstić information content (AvgIpc) is 3.08. The van der Waals surface area contributed by atoms with Crippen molar-refractivity contribution in [3.8, 4) is 5.69 Å². The van der Waals surface area contributed by atoms with Crippen molar-refractivity contribution in [3.05, 3.63) is 53.1 Å². The van der Waals surface area contributed by atoms with E-state index in [1.165, 1.54) is 12.1 Å². The van der Waals surface area contributed by atoms with E-state index < -0.39 is 0 Å². The lowest BCUT2D eigenvalue weighted by Crippen LogP contribution is -2.34. The number of aryl methyl sites for hydroxylation is 1. The SMILES string of the molecule is Cc1cc(C(=O)N2CC(CN)CC2C)c(C)n1-c1ccc(F)cc1.Cl. The topological polar surface area (TPSA) is 51.3 Å². The van der Waals surface area contributed by atoms with Crippen LogP contribution in [0.1, 0.15) is 35.1 Å². The molecule has 3 rings (SSSR count). The number of carbonyl (C=O) groups excluding carboxylic acids is 1. The maximum absolute atomic E-state index is 13.2. The van der Waals surface area contributed by atoms with E-state index in [9.17, 15) is 9.18 Å². The Balaban J connectivity index is 0.00000225. The van der Waals surface area contributed by atoms with Gasteiger partial charge in [0.25, 0.3) is 5.91 Å². The maximum Gasteiger partial charge on any atom is 0.255 e. The first-order valence-electron chi connectivity index (χ1n) is 8.38. The van der Waals surface area contributed by atoms with Gasteiger partial charge in [-0.05, 0) is 70.0 Å². The highest BCUT2D eigenvalue weighted by atomic mass is 35.5. The molecule has 6 heteroatoms. The van der Waals surface area contributed by atoms with Crippen LogP contribution in [0.25, 0.3) is 5.69 Å². The summed E-state index contributed by atoms with van der Waals surface area (Å²) in [5.41, 5.74) is 9.19. The first-order valence-corrected chi connectivity index (χ1v) is 8.38. The number of carbonyl (C=O) groups is 1. The van der Waals surface area contributed by atoms with E-state index >= 15 is 0 Å². The lowest BCUT2D eigenvalue weighted by Gasteiger charge is -2.21. The van der Waals surface area contributed by atoms with E-state index in [1.54, 1.807) is 12.1 Å². The maximum atomic E-state index is 13.2. The summed E-state index contributed by atoms with van der Waals surface area (Å²) in [6.45, 7) is 7.31. The summed E-state index contributed by atoms with van der Waals surface area (Å²) in [4.78, 5) is 14.9. The molecule has 2 aromatic rings. The van der Waals surface area contributed by atoms with Gasteiger partial charge in [-0.3, -0.25) is 4.79 Å². The second kappa shape index (κ2) is 7.58. The molecule has 136 valence electrons. The Morgan fingerprint density at radius 3 is 2.48 bits per heavy atom. The summed E-state index contributed by atoms with van der Waals surface area (Å²) in [6, 6.07) is 8.46. The second-order valence-corrected chi connectivity index (χ2v) is 6.74. The minimum atomic E-state index is -0.267. The minimum absolute atomic E-state index is 0. The van der Waals surface area contributed by atoms with Gasteiger partial charge < -0.3 is 15.2 Å². The molecule has 1 aromatic carbocycles. The summed E-state index contributed by atoms with van der Waals surface area (Å²) < 4.78 is 15.2. The first kappa shape index (κ1) is 19.5. The average molecular weight is 366 g/mol. The molecule has 1 amide bonds. The zero-order valence-electron chi connectivity index (χ0n) is 14.8. The Labute approximate surface area is 154 Å². The largest absolute Gasteiger partial charge is 0.336 e. The molecule has 2 atom stereocenters. The molecule has 25 heavy (non-hydrogen) atoms. The predicted molar refractivity (Wildman–Crippen MR) is 100 cm³/mol. The Bertz CT molecular complexity index is 757. The van der Waals surface area contributed by atoms with E-state index in [0.717, 1.165) is 30.0 Å². The van der Waals surface area contributed by atoms with Crippen LogP contribution in [0.3, 0.4) is 0 Å². The van der Waals surface area contributed by atoms with E-state index in [0.29, 0.717) is 18.0 Å². The lowest BCUT2D eigenvalue weighted by molar-refractivity contribution is 0.0742. The van der Waals surface area contributed by atoms with Crippen LogP contribution in [0.4, 0.5) is 4.39 Å². The summed E-state index contributed by atoms with van der Waals surface area (Å²) in [6.07, 6.45) is 0.957. The molecule has 2 unspecified atom stereocenters. The number of likely N-dealkylation sites (tertiary alicyclic amines) is 1. The molecule has 2 N–H and O–H groups in total. The van der Waals surface area contributed by atoms with Gasteiger partial charge in [0, 0.05) is 29.7 Å². The van der Waals surface area contributed by atoms with Gasteiger partial charge in [0.2, 0.25) is 0 Å². The molecule has 0 bridgehead atoms. The number of amides is 1. The Morgan fingerprint density at radius 1 is 1.28 bits per heavy atom. The quantitative estimate of drug-likeness (QED) is 0.905. The first-order chi connectivity index (χ1) is 11.4. The van der Waals surface area contributed by atoms with Crippen molar-refractivity contribution >= 4 is 18.3 Å². The smallest absolute Gasteiger partial charge is 0.255 e. The number of nitrogens with zero attached hydrogens (tertiary/aromatic N) is 2. The van der Waals surface area contributed by atoms with Crippen LogP contribution in [0.5, 0.6) is 0 Å². The predicted octanol–water partition coefficient (Wildman–Crippen LogP) is 3.46. The van der Waals surface area contributed by atoms with E-state index in [2.05, 4.69) is 6.92 Å². The van der Waals surface area contributed by atoms with Crippen LogP contribution in [0.15, 0.2) is 30.3 Å². The molecule has 1 fully saturated rings.